The molecule has 0 N–H and O–H groups in total. The highest BCUT2D eigenvalue weighted by Gasteiger charge is 2.46. The molecule has 1 unspecified atom stereocenters. The van der Waals surface area contributed by atoms with Crippen molar-refractivity contribution in [1.82, 2.24) is 0 Å². The Labute approximate surface area is 307 Å². The number of hydrogen-bond acceptors (Lipinski definition) is 6. The number of hydrogen-bond donors (Lipinski definition) is 0. The van der Waals surface area contributed by atoms with Gasteiger partial charge in [0.05, 0.1) is 12.2 Å². The normalized spacial score (nSPS) is 28.4. The van der Waals surface area contributed by atoms with E-state index in [1.165, 1.54) is 5.57 Å². The van der Waals surface area contributed by atoms with Crippen LogP contribution in [0.25, 0.3) is 0 Å². The van der Waals surface area contributed by atoms with Crippen LogP contribution in [0, 0.1) is 17.8 Å². The summed E-state index contributed by atoms with van der Waals surface area (Å²) < 4.78 is 33.2. The van der Waals surface area contributed by atoms with Crippen molar-refractivity contribution in [3.8, 4) is 5.75 Å². The van der Waals surface area contributed by atoms with Crippen molar-refractivity contribution in [1.29, 1.82) is 0 Å². The Balaban J connectivity index is 1.56. The number of fused-ring (bicyclic) bond motifs is 1. The smallest absolute Gasteiger partial charge is 0.347 e. The van der Waals surface area contributed by atoms with Crippen molar-refractivity contribution >= 4 is 22.6 Å². The van der Waals surface area contributed by atoms with Gasteiger partial charge in [-0.15, -0.1) is 0 Å². The maximum atomic E-state index is 14.0. The second-order valence-electron chi connectivity index (χ2n) is 18.3. The number of allylic oxidation sites excluding steroid dienone is 2. The molecule has 8 atom stereocenters. The number of ether oxygens (including phenoxy) is 3. The molecule has 2 aliphatic carbocycles. The van der Waals surface area contributed by atoms with Crippen LogP contribution in [-0.4, -0.2) is 59.7 Å². The topological polar surface area (TPSA) is 63.2 Å². The number of rotatable bonds is 13. The number of benzene rings is 1. The van der Waals surface area contributed by atoms with Crippen molar-refractivity contribution in [2.24, 2.45) is 17.8 Å². The van der Waals surface area contributed by atoms with E-state index in [2.05, 4.69) is 106 Å². The molecule has 0 aromatic heterocycles. The van der Waals surface area contributed by atoms with Crippen LogP contribution in [0.5, 0.6) is 5.75 Å². The van der Waals surface area contributed by atoms with Crippen molar-refractivity contribution in [3.05, 3.63) is 53.6 Å². The van der Waals surface area contributed by atoms with Gasteiger partial charge in [0.25, 0.3) is 0 Å². The second-order valence-corrected chi connectivity index (χ2v) is 27.8. The van der Waals surface area contributed by atoms with Gasteiger partial charge in [-0.1, -0.05) is 98.7 Å². The summed E-state index contributed by atoms with van der Waals surface area (Å²) in [6.07, 6.45) is 12.3. The first-order chi connectivity index (χ1) is 23.3. The van der Waals surface area contributed by atoms with E-state index in [0.29, 0.717) is 24.7 Å². The van der Waals surface area contributed by atoms with Crippen LogP contribution >= 0.6 is 0 Å². The molecule has 0 amide bonds. The minimum atomic E-state index is -2.07. The quantitative estimate of drug-likeness (QED) is 0.149. The molecule has 0 radical (unpaired) electrons. The van der Waals surface area contributed by atoms with Crippen molar-refractivity contribution in [2.75, 3.05) is 6.61 Å². The van der Waals surface area contributed by atoms with Gasteiger partial charge in [0.2, 0.25) is 0 Å². The van der Waals surface area contributed by atoms with Gasteiger partial charge in [-0.25, -0.2) is 4.79 Å². The van der Waals surface area contributed by atoms with Crippen LogP contribution in [0.3, 0.4) is 0 Å². The number of esters is 1. The lowest BCUT2D eigenvalue weighted by Crippen LogP contribution is -2.49. The van der Waals surface area contributed by atoms with Gasteiger partial charge in [0.1, 0.15) is 11.9 Å². The molecule has 4 rings (SSSR count). The lowest BCUT2D eigenvalue weighted by atomic mass is 9.66. The highest BCUT2D eigenvalue weighted by molar-refractivity contribution is 6.74. The molecule has 282 valence electrons. The molecule has 8 heteroatoms. The Bertz CT molecular complexity index is 1340. The summed E-state index contributed by atoms with van der Waals surface area (Å²) in [6.45, 7) is 30.3. The van der Waals surface area contributed by atoms with E-state index in [0.717, 1.165) is 50.0 Å². The highest BCUT2D eigenvalue weighted by atomic mass is 28.4. The zero-order valence-electron chi connectivity index (χ0n) is 33.8. The average Bonchev–Trinajstić information content (AvgIpc) is 3.02. The largest absolute Gasteiger partial charge is 0.478 e. The van der Waals surface area contributed by atoms with Crippen molar-refractivity contribution in [3.63, 3.8) is 0 Å². The van der Waals surface area contributed by atoms with Gasteiger partial charge in [-0.2, -0.15) is 0 Å². The monoisotopic (exact) mass is 726 g/mol. The van der Waals surface area contributed by atoms with E-state index < -0.39 is 22.7 Å². The predicted molar refractivity (Wildman–Crippen MR) is 211 cm³/mol. The van der Waals surface area contributed by atoms with E-state index in [9.17, 15) is 4.79 Å². The van der Waals surface area contributed by atoms with Gasteiger partial charge in [-0.05, 0) is 104 Å². The molecule has 1 aromatic carbocycles. The molecule has 1 aliphatic heterocycles. The average molecular weight is 727 g/mol. The van der Waals surface area contributed by atoms with Crippen LogP contribution in [0.1, 0.15) is 106 Å². The van der Waals surface area contributed by atoms with Crippen molar-refractivity contribution in [2.45, 2.75) is 174 Å². The van der Waals surface area contributed by atoms with Gasteiger partial charge in [-0.3, -0.25) is 0 Å². The molecular formula is C42H70O6Si2. The fourth-order valence-electron chi connectivity index (χ4n) is 7.32. The first kappa shape index (κ1) is 41.0. The maximum absolute atomic E-state index is 14.0. The molecule has 1 heterocycles. The lowest BCUT2D eigenvalue weighted by Gasteiger charge is -2.46. The van der Waals surface area contributed by atoms with Crippen LogP contribution < -0.4 is 4.74 Å². The zero-order chi connectivity index (χ0) is 37.1. The van der Waals surface area contributed by atoms with Crippen LogP contribution in [-0.2, 0) is 29.5 Å². The van der Waals surface area contributed by atoms with Gasteiger partial charge in [0, 0.05) is 25.0 Å². The molecular weight excluding hydrogens is 657 g/mol. The van der Waals surface area contributed by atoms with Gasteiger partial charge in [0.15, 0.2) is 22.7 Å². The van der Waals surface area contributed by atoms with Crippen molar-refractivity contribution < 1.29 is 27.9 Å². The fraction of sp³-hybridized carbons (Fsp3) is 0.738. The molecule has 0 saturated carbocycles. The van der Waals surface area contributed by atoms with E-state index in [1.807, 2.05) is 25.1 Å². The first-order valence-corrected chi connectivity index (χ1v) is 25.4. The van der Waals surface area contributed by atoms with Crippen LogP contribution in [0.15, 0.2) is 48.1 Å². The third-order valence-electron chi connectivity index (χ3n) is 12.5. The first-order valence-electron chi connectivity index (χ1n) is 19.6. The third kappa shape index (κ3) is 10.0. The number of carbonyl (C=O) groups excluding carboxylic acids is 1. The summed E-state index contributed by atoms with van der Waals surface area (Å²) in [6, 6.07) is 8.00. The van der Waals surface area contributed by atoms with E-state index in [-0.39, 0.29) is 46.4 Å². The van der Waals surface area contributed by atoms with E-state index in [4.69, 9.17) is 23.1 Å². The zero-order valence-corrected chi connectivity index (χ0v) is 35.8. The Kier molecular flexibility index (Phi) is 13.6. The lowest BCUT2D eigenvalue weighted by molar-refractivity contribution is -0.163. The van der Waals surface area contributed by atoms with Crippen LogP contribution in [0.4, 0.5) is 0 Å². The Morgan fingerprint density at radius 2 is 1.60 bits per heavy atom. The minimum Gasteiger partial charge on any atom is -0.478 e. The Morgan fingerprint density at radius 3 is 2.24 bits per heavy atom. The highest BCUT2D eigenvalue weighted by Crippen LogP contribution is 2.47. The number of aryl methyl sites for hydroxylation is 1. The van der Waals surface area contributed by atoms with Gasteiger partial charge >= 0.3 is 5.97 Å². The van der Waals surface area contributed by atoms with Gasteiger partial charge < -0.3 is 23.1 Å². The molecule has 0 spiro atoms. The number of carbonyl (C=O) groups is 1. The Morgan fingerprint density at radius 1 is 0.940 bits per heavy atom. The summed E-state index contributed by atoms with van der Waals surface area (Å²) in [4.78, 5) is 14.0. The number of para-hydroxylation sites is 1. The maximum Gasteiger partial charge on any atom is 0.347 e. The fourth-order valence-corrected chi connectivity index (χ4v) is 10.00. The summed E-state index contributed by atoms with van der Waals surface area (Å²) in [5.41, 5.74) is 2.34. The molecule has 50 heavy (non-hydrogen) atoms. The summed E-state index contributed by atoms with van der Waals surface area (Å²) in [5.74, 6) is 1.26. The van der Waals surface area contributed by atoms with E-state index >= 15 is 0 Å². The Hall–Kier alpha value is -1.72. The van der Waals surface area contributed by atoms with Crippen LogP contribution in [0.2, 0.25) is 36.3 Å². The SMILES string of the molecule is CCc1ccccc1OC(CC)C(=O)O[C@H]1C[C@H](O[Si](C)(C)C(C)(C)C)C=C2C=C[C@H](C)[C@H](CC[C@@H]3C[C@H](O[Si](C)(C)C(C)(C)C)CCO3)[C@H]21. The third-order valence-corrected chi connectivity index (χ3v) is 21.6. The predicted octanol–water partition coefficient (Wildman–Crippen LogP) is 10.8. The second kappa shape index (κ2) is 16.5. The summed E-state index contributed by atoms with van der Waals surface area (Å²) in [5, 5.41) is 0.266. The molecule has 1 saturated heterocycles. The standard InChI is InChI=1S/C42H70O6Si2/c1-14-30-18-16-17-19-37(30)45-36(15-2)40(43)46-38-28-34(48-50(12,13)42(7,8)9)26-31-21-20-29(3)35(39(31)38)23-22-32-27-33(24-25-44-32)47-49(10,11)41(4,5)6/h16-21,26,29,32-36,38-39H,14-15,22-25,27-28H2,1-13H3/t29-,32+,33+,34+,35-,36?,38-,39-/m0/s1. The molecule has 1 aromatic rings. The summed E-state index contributed by atoms with van der Waals surface area (Å²) in [7, 11) is -3.93. The molecule has 0 bridgehead atoms. The molecule has 3 aliphatic rings. The summed E-state index contributed by atoms with van der Waals surface area (Å²) >= 11 is 0. The minimum absolute atomic E-state index is 0.0773. The van der Waals surface area contributed by atoms with E-state index in [1.54, 1.807) is 0 Å². The molecule has 1 fully saturated rings. The molecule has 6 nitrogen and oxygen atoms in total.